The van der Waals surface area contributed by atoms with Gasteiger partial charge in [0.25, 0.3) is 0 Å². The lowest BCUT2D eigenvalue weighted by Gasteiger charge is -2.10. The molecule has 0 atom stereocenters. The summed E-state index contributed by atoms with van der Waals surface area (Å²) in [5, 5.41) is 3.32. The van der Waals surface area contributed by atoms with Crippen LogP contribution in [0.15, 0.2) is 40.9 Å². The minimum absolute atomic E-state index is 0.828. The maximum absolute atomic E-state index is 5.33. The largest absolute Gasteiger partial charge is 0.496 e. The molecule has 0 amide bonds. The summed E-state index contributed by atoms with van der Waals surface area (Å²) in [7, 11) is 1.70. The van der Waals surface area contributed by atoms with Crippen LogP contribution in [0.3, 0.4) is 0 Å². The van der Waals surface area contributed by atoms with Gasteiger partial charge >= 0.3 is 0 Å². The molecule has 1 aromatic carbocycles. The van der Waals surface area contributed by atoms with Gasteiger partial charge in [0.1, 0.15) is 11.6 Å². The summed E-state index contributed by atoms with van der Waals surface area (Å²) in [6.45, 7) is 2.81. The number of nitrogens with zero attached hydrogens (tertiary/aromatic N) is 1. The minimum Gasteiger partial charge on any atom is -0.496 e. The zero-order chi connectivity index (χ0) is 13.7. The van der Waals surface area contributed by atoms with E-state index in [9.17, 15) is 0 Å². The molecule has 0 saturated heterocycles. The average Bonchev–Trinajstić information content (AvgIpc) is 2.43. The SMILES string of the molecule is COc1ccccc1CCNc1ccc(Br)c(C)n1. The number of aromatic nitrogens is 1. The van der Waals surface area contributed by atoms with Crippen LogP contribution in [0.4, 0.5) is 5.82 Å². The predicted octanol–water partition coefficient (Wildman–Crippen LogP) is 3.82. The third kappa shape index (κ3) is 3.70. The van der Waals surface area contributed by atoms with Gasteiger partial charge in [-0.25, -0.2) is 4.98 Å². The number of benzene rings is 1. The maximum atomic E-state index is 5.33. The molecule has 3 nitrogen and oxygen atoms in total. The first kappa shape index (κ1) is 13.9. The Morgan fingerprint density at radius 1 is 1.21 bits per heavy atom. The highest BCUT2D eigenvalue weighted by atomic mass is 79.9. The molecule has 0 radical (unpaired) electrons. The van der Waals surface area contributed by atoms with Crippen LogP contribution in [-0.4, -0.2) is 18.6 Å². The number of nitrogens with one attached hydrogen (secondary N) is 1. The van der Waals surface area contributed by atoms with E-state index in [1.807, 2.05) is 37.3 Å². The van der Waals surface area contributed by atoms with E-state index in [4.69, 9.17) is 4.74 Å². The van der Waals surface area contributed by atoms with Gasteiger partial charge in [-0.1, -0.05) is 18.2 Å². The molecule has 100 valence electrons. The van der Waals surface area contributed by atoms with Crippen LogP contribution in [0.25, 0.3) is 0 Å². The Morgan fingerprint density at radius 2 is 2.00 bits per heavy atom. The van der Waals surface area contributed by atoms with Gasteiger partial charge in [-0.15, -0.1) is 0 Å². The molecular weight excluding hydrogens is 304 g/mol. The first-order valence-corrected chi connectivity index (χ1v) is 6.99. The molecule has 0 aliphatic heterocycles. The van der Waals surface area contributed by atoms with Gasteiger partial charge in [0.2, 0.25) is 0 Å². The zero-order valence-corrected chi connectivity index (χ0v) is 12.7. The van der Waals surface area contributed by atoms with Crippen LogP contribution in [-0.2, 0) is 6.42 Å². The summed E-state index contributed by atoms with van der Waals surface area (Å²) in [5.41, 5.74) is 2.19. The lowest BCUT2D eigenvalue weighted by molar-refractivity contribution is 0.410. The average molecular weight is 321 g/mol. The first-order valence-electron chi connectivity index (χ1n) is 6.19. The van der Waals surface area contributed by atoms with Crippen molar-refractivity contribution >= 4 is 21.7 Å². The van der Waals surface area contributed by atoms with E-state index in [0.717, 1.165) is 34.7 Å². The van der Waals surface area contributed by atoms with Crippen molar-refractivity contribution in [2.45, 2.75) is 13.3 Å². The molecule has 2 rings (SSSR count). The Hall–Kier alpha value is -1.55. The number of halogens is 1. The Kier molecular flexibility index (Phi) is 4.80. The Balaban J connectivity index is 1.94. The van der Waals surface area contributed by atoms with E-state index in [0.29, 0.717) is 0 Å². The van der Waals surface area contributed by atoms with Gasteiger partial charge in [0.15, 0.2) is 0 Å². The van der Waals surface area contributed by atoms with E-state index in [1.165, 1.54) is 5.56 Å². The van der Waals surface area contributed by atoms with Crippen molar-refractivity contribution in [2.24, 2.45) is 0 Å². The molecule has 1 aromatic heterocycles. The summed E-state index contributed by atoms with van der Waals surface area (Å²) in [6.07, 6.45) is 0.904. The van der Waals surface area contributed by atoms with Crippen molar-refractivity contribution in [2.75, 3.05) is 19.0 Å². The van der Waals surface area contributed by atoms with Crippen LogP contribution < -0.4 is 10.1 Å². The van der Waals surface area contributed by atoms with Crippen molar-refractivity contribution in [1.29, 1.82) is 0 Å². The van der Waals surface area contributed by atoms with Crippen molar-refractivity contribution in [3.63, 3.8) is 0 Å². The number of hydrogen-bond donors (Lipinski definition) is 1. The van der Waals surface area contributed by atoms with E-state index in [-0.39, 0.29) is 0 Å². The van der Waals surface area contributed by atoms with E-state index >= 15 is 0 Å². The topological polar surface area (TPSA) is 34.1 Å². The fourth-order valence-corrected chi connectivity index (χ4v) is 2.10. The quantitative estimate of drug-likeness (QED) is 0.909. The zero-order valence-electron chi connectivity index (χ0n) is 11.1. The highest BCUT2D eigenvalue weighted by molar-refractivity contribution is 9.10. The molecular formula is C15H17BrN2O. The van der Waals surface area contributed by atoms with Crippen LogP contribution in [0.5, 0.6) is 5.75 Å². The summed E-state index contributed by atoms with van der Waals surface area (Å²) < 4.78 is 6.36. The van der Waals surface area contributed by atoms with Crippen LogP contribution >= 0.6 is 15.9 Å². The lowest BCUT2D eigenvalue weighted by atomic mass is 10.1. The maximum Gasteiger partial charge on any atom is 0.126 e. The van der Waals surface area contributed by atoms with Crippen molar-refractivity contribution in [1.82, 2.24) is 4.98 Å². The van der Waals surface area contributed by atoms with E-state index in [1.54, 1.807) is 7.11 Å². The summed E-state index contributed by atoms with van der Waals surface area (Å²) in [6, 6.07) is 12.1. The normalized spacial score (nSPS) is 10.3. The molecule has 19 heavy (non-hydrogen) atoms. The van der Waals surface area contributed by atoms with Crippen LogP contribution in [0.2, 0.25) is 0 Å². The number of hydrogen-bond acceptors (Lipinski definition) is 3. The van der Waals surface area contributed by atoms with E-state index in [2.05, 4.69) is 32.3 Å². The summed E-state index contributed by atoms with van der Waals surface area (Å²) >= 11 is 3.45. The minimum atomic E-state index is 0.828. The molecule has 2 aromatic rings. The van der Waals surface area contributed by atoms with Crippen molar-refractivity contribution < 1.29 is 4.74 Å². The predicted molar refractivity (Wildman–Crippen MR) is 81.9 cm³/mol. The highest BCUT2D eigenvalue weighted by Crippen LogP contribution is 2.19. The third-order valence-electron chi connectivity index (χ3n) is 2.91. The highest BCUT2D eigenvalue weighted by Gasteiger charge is 2.02. The van der Waals surface area contributed by atoms with Gasteiger partial charge in [0.05, 0.1) is 12.8 Å². The van der Waals surface area contributed by atoms with Crippen LogP contribution in [0.1, 0.15) is 11.3 Å². The number of aryl methyl sites for hydroxylation is 1. The second kappa shape index (κ2) is 6.57. The number of para-hydroxylation sites is 1. The first-order chi connectivity index (χ1) is 9.20. The van der Waals surface area contributed by atoms with Gasteiger partial charge in [-0.3, -0.25) is 0 Å². The van der Waals surface area contributed by atoms with E-state index < -0.39 is 0 Å². The second-order valence-electron chi connectivity index (χ2n) is 4.25. The molecule has 1 heterocycles. The van der Waals surface area contributed by atoms with Crippen molar-refractivity contribution in [3.8, 4) is 5.75 Å². The van der Waals surface area contributed by atoms with Gasteiger partial charge in [-0.05, 0) is 53.0 Å². The van der Waals surface area contributed by atoms with Gasteiger partial charge in [-0.2, -0.15) is 0 Å². The third-order valence-corrected chi connectivity index (χ3v) is 3.75. The van der Waals surface area contributed by atoms with Crippen LogP contribution in [0, 0.1) is 6.92 Å². The van der Waals surface area contributed by atoms with Crippen molar-refractivity contribution in [3.05, 3.63) is 52.1 Å². The fraction of sp³-hybridized carbons (Fsp3) is 0.267. The molecule has 0 saturated carbocycles. The number of anilines is 1. The number of methoxy groups -OCH3 is 1. The molecule has 4 heteroatoms. The standard InChI is InChI=1S/C15H17BrN2O/c1-11-13(16)7-8-15(18-11)17-10-9-12-5-3-4-6-14(12)19-2/h3-8H,9-10H2,1-2H3,(H,17,18). The number of rotatable bonds is 5. The second-order valence-corrected chi connectivity index (χ2v) is 5.11. The monoisotopic (exact) mass is 320 g/mol. The molecule has 0 aliphatic rings. The summed E-state index contributed by atoms with van der Waals surface area (Å²) in [5.74, 6) is 1.83. The Bertz CT molecular complexity index is 558. The Morgan fingerprint density at radius 3 is 2.74 bits per heavy atom. The lowest BCUT2D eigenvalue weighted by Crippen LogP contribution is -2.07. The smallest absolute Gasteiger partial charge is 0.126 e. The molecule has 0 spiro atoms. The molecule has 0 bridgehead atoms. The summed E-state index contributed by atoms with van der Waals surface area (Å²) in [4.78, 5) is 4.46. The molecule has 1 N–H and O–H groups in total. The molecule has 0 fully saturated rings. The van der Waals surface area contributed by atoms with Gasteiger partial charge in [0, 0.05) is 11.0 Å². The Labute approximate surface area is 122 Å². The number of pyridine rings is 1. The molecule has 0 unspecified atom stereocenters. The number of ether oxygens (including phenoxy) is 1. The fourth-order valence-electron chi connectivity index (χ4n) is 1.88. The van der Waals surface area contributed by atoms with Gasteiger partial charge < -0.3 is 10.1 Å². The molecule has 0 aliphatic carbocycles.